The standard InChI is InChI=1S/C13H18.C5H10.C4H10.C3H8/c1-3-5-9-12(4-2)13-10-7-6-8-11-13;1-4-5(2)3;1-3-4-2;1-3-2/h3,5-8,10-12H,4,9H2,1-2H3;2,4H2,1,3H3;3-4H2,1-2H3;3H2,1-2H3/b5-3+;;;. The topological polar surface area (TPSA) is 0 Å². The zero-order valence-corrected chi connectivity index (χ0v) is 18.6. The largest absolute Gasteiger partial charge is 0.100 e. The predicted molar refractivity (Wildman–Crippen MR) is 121 cm³/mol. The summed E-state index contributed by atoms with van der Waals surface area (Å²) in [6.45, 7) is 20.7. The molecule has 1 aromatic rings. The molecule has 0 saturated heterocycles. The lowest BCUT2D eigenvalue weighted by Crippen LogP contribution is -1.94. The van der Waals surface area contributed by atoms with Crippen LogP contribution in [0.4, 0.5) is 0 Å². The SMILES string of the molecule is C/C=C/CC(CC)c1ccccc1.C=C(C)CC.CCC.CCCC. The van der Waals surface area contributed by atoms with Crippen molar-refractivity contribution in [3.63, 3.8) is 0 Å². The molecule has 0 aliphatic carbocycles. The maximum Gasteiger partial charge on any atom is -0.0130 e. The van der Waals surface area contributed by atoms with Gasteiger partial charge in [-0.05, 0) is 44.6 Å². The lowest BCUT2D eigenvalue weighted by atomic mass is 9.93. The Morgan fingerprint density at radius 2 is 1.40 bits per heavy atom. The molecule has 1 unspecified atom stereocenters. The molecule has 0 aliphatic rings. The highest BCUT2D eigenvalue weighted by Crippen LogP contribution is 2.22. The van der Waals surface area contributed by atoms with Crippen molar-refractivity contribution < 1.29 is 0 Å². The van der Waals surface area contributed by atoms with E-state index in [1.54, 1.807) is 0 Å². The summed E-state index contributed by atoms with van der Waals surface area (Å²) in [7, 11) is 0. The van der Waals surface area contributed by atoms with Crippen LogP contribution >= 0.6 is 0 Å². The van der Waals surface area contributed by atoms with Crippen molar-refractivity contribution in [1.29, 1.82) is 0 Å². The van der Waals surface area contributed by atoms with E-state index >= 15 is 0 Å². The van der Waals surface area contributed by atoms with E-state index in [4.69, 9.17) is 0 Å². The maximum absolute atomic E-state index is 3.67. The van der Waals surface area contributed by atoms with Crippen molar-refractivity contribution in [2.24, 2.45) is 0 Å². The van der Waals surface area contributed by atoms with Crippen LogP contribution in [0, 0.1) is 0 Å². The summed E-state index contributed by atoms with van der Waals surface area (Å²) in [5, 5.41) is 0. The van der Waals surface area contributed by atoms with Crippen molar-refractivity contribution >= 4 is 0 Å². The van der Waals surface area contributed by atoms with Crippen LogP contribution in [0.2, 0.25) is 0 Å². The molecule has 1 aromatic carbocycles. The van der Waals surface area contributed by atoms with E-state index in [0.29, 0.717) is 5.92 Å². The Morgan fingerprint density at radius 3 is 1.68 bits per heavy atom. The lowest BCUT2D eigenvalue weighted by molar-refractivity contribution is 0.674. The molecule has 0 aromatic heterocycles. The quantitative estimate of drug-likeness (QED) is 0.450. The van der Waals surface area contributed by atoms with Crippen LogP contribution in [0.5, 0.6) is 0 Å². The molecular formula is C25H46. The Bertz CT molecular complexity index is 370. The lowest BCUT2D eigenvalue weighted by Gasteiger charge is -2.12. The normalized spacial score (nSPS) is 10.4. The minimum absolute atomic E-state index is 0.692. The molecule has 0 heteroatoms. The van der Waals surface area contributed by atoms with E-state index in [-0.39, 0.29) is 0 Å². The maximum atomic E-state index is 3.67. The molecule has 1 atom stereocenters. The number of allylic oxidation sites excluding steroid dienone is 3. The van der Waals surface area contributed by atoms with Crippen molar-refractivity contribution in [1.82, 2.24) is 0 Å². The summed E-state index contributed by atoms with van der Waals surface area (Å²) >= 11 is 0. The van der Waals surface area contributed by atoms with Gasteiger partial charge >= 0.3 is 0 Å². The first-order valence-corrected chi connectivity index (χ1v) is 10.3. The van der Waals surface area contributed by atoms with Gasteiger partial charge in [-0.2, -0.15) is 0 Å². The first-order valence-electron chi connectivity index (χ1n) is 10.3. The second kappa shape index (κ2) is 24.9. The summed E-state index contributed by atoms with van der Waals surface area (Å²) in [6, 6.07) is 10.8. The van der Waals surface area contributed by atoms with Crippen molar-refractivity contribution in [3.05, 3.63) is 60.2 Å². The second-order valence-electron chi connectivity index (χ2n) is 6.34. The van der Waals surface area contributed by atoms with Gasteiger partial charge in [0.05, 0.1) is 0 Å². The predicted octanol–water partition coefficient (Wildman–Crippen LogP) is 9.34. The molecule has 0 bridgehead atoms. The Morgan fingerprint density at radius 1 is 0.960 bits per heavy atom. The zero-order valence-electron chi connectivity index (χ0n) is 18.6. The number of benzene rings is 1. The van der Waals surface area contributed by atoms with E-state index in [2.05, 4.69) is 97.5 Å². The van der Waals surface area contributed by atoms with Gasteiger partial charge in [-0.15, -0.1) is 6.58 Å². The third-order valence-corrected chi connectivity index (χ3v) is 3.52. The molecule has 0 heterocycles. The molecule has 0 spiro atoms. The van der Waals surface area contributed by atoms with Gasteiger partial charge in [0.15, 0.2) is 0 Å². The summed E-state index contributed by atoms with van der Waals surface area (Å²) in [5.41, 5.74) is 2.72. The number of rotatable bonds is 6. The van der Waals surface area contributed by atoms with Crippen molar-refractivity contribution in [2.45, 2.75) is 99.8 Å². The Labute approximate surface area is 160 Å². The van der Waals surface area contributed by atoms with Crippen LogP contribution in [0.15, 0.2) is 54.6 Å². The first kappa shape index (κ1) is 28.5. The number of hydrogen-bond donors (Lipinski definition) is 0. The Balaban J connectivity index is -0.000000334. The molecule has 1 rings (SSSR count). The summed E-state index contributed by atoms with van der Waals surface area (Å²) in [5.74, 6) is 0.692. The second-order valence-corrected chi connectivity index (χ2v) is 6.34. The van der Waals surface area contributed by atoms with Gasteiger partial charge in [0, 0.05) is 0 Å². The highest BCUT2D eigenvalue weighted by Gasteiger charge is 2.05. The molecule has 0 fully saturated rings. The minimum atomic E-state index is 0.692. The van der Waals surface area contributed by atoms with Gasteiger partial charge in [0.2, 0.25) is 0 Å². The van der Waals surface area contributed by atoms with Gasteiger partial charge in [-0.25, -0.2) is 0 Å². The summed E-state index contributed by atoms with van der Waals surface area (Å²) in [6.07, 6.45) is 11.8. The van der Waals surface area contributed by atoms with Crippen LogP contribution in [0.25, 0.3) is 0 Å². The fraction of sp³-hybridized carbons (Fsp3) is 0.600. The molecule has 0 radical (unpaired) electrons. The van der Waals surface area contributed by atoms with Crippen LogP contribution in [0.1, 0.15) is 105 Å². The van der Waals surface area contributed by atoms with Gasteiger partial charge in [-0.3, -0.25) is 0 Å². The molecule has 0 N–H and O–H groups in total. The fourth-order valence-corrected chi connectivity index (χ4v) is 1.56. The van der Waals surface area contributed by atoms with E-state index < -0.39 is 0 Å². The zero-order chi connectivity index (χ0) is 19.9. The molecular weight excluding hydrogens is 300 g/mol. The summed E-state index contributed by atoms with van der Waals surface area (Å²) < 4.78 is 0. The average molecular weight is 347 g/mol. The smallest absolute Gasteiger partial charge is 0.0130 e. The summed E-state index contributed by atoms with van der Waals surface area (Å²) in [4.78, 5) is 0. The van der Waals surface area contributed by atoms with Crippen molar-refractivity contribution in [3.8, 4) is 0 Å². The monoisotopic (exact) mass is 346 g/mol. The Hall–Kier alpha value is -1.30. The van der Waals surface area contributed by atoms with Gasteiger partial charge in [0.25, 0.3) is 0 Å². The van der Waals surface area contributed by atoms with E-state index in [1.165, 1.54) is 36.8 Å². The highest BCUT2D eigenvalue weighted by molar-refractivity contribution is 5.20. The number of unbranched alkanes of at least 4 members (excludes halogenated alkanes) is 1. The van der Waals surface area contributed by atoms with Gasteiger partial charge in [-0.1, -0.05) is 109 Å². The molecule has 0 nitrogen and oxygen atoms in total. The molecule has 0 aliphatic heterocycles. The number of hydrogen-bond acceptors (Lipinski definition) is 0. The van der Waals surface area contributed by atoms with Crippen LogP contribution < -0.4 is 0 Å². The Kier molecular flexibility index (Phi) is 28.4. The minimum Gasteiger partial charge on any atom is -0.100 e. The van der Waals surface area contributed by atoms with Crippen molar-refractivity contribution in [2.75, 3.05) is 0 Å². The van der Waals surface area contributed by atoms with Gasteiger partial charge < -0.3 is 0 Å². The molecule has 25 heavy (non-hydrogen) atoms. The third-order valence-electron chi connectivity index (χ3n) is 3.52. The molecule has 0 amide bonds. The molecule has 146 valence electrons. The fourth-order valence-electron chi connectivity index (χ4n) is 1.56. The highest BCUT2D eigenvalue weighted by atomic mass is 14.1. The van der Waals surface area contributed by atoms with Crippen LogP contribution in [-0.2, 0) is 0 Å². The first-order chi connectivity index (χ1) is 12.0. The van der Waals surface area contributed by atoms with E-state index in [1.807, 2.05) is 6.92 Å². The van der Waals surface area contributed by atoms with Crippen LogP contribution in [0.3, 0.4) is 0 Å². The average Bonchev–Trinajstić information content (AvgIpc) is 2.64. The van der Waals surface area contributed by atoms with E-state index in [0.717, 1.165) is 12.8 Å². The van der Waals surface area contributed by atoms with Gasteiger partial charge in [0.1, 0.15) is 0 Å². The molecule has 0 saturated carbocycles. The van der Waals surface area contributed by atoms with Crippen LogP contribution in [-0.4, -0.2) is 0 Å². The third kappa shape index (κ3) is 25.1. The van der Waals surface area contributed by atoms with E-state index in [9.17, 15) is 0 Å².